The summed E-state index contributed by atoms with van der Waals surface area (Å²) in [6, 6.07) is 0. The minimum Gasteiger partial charge on any atom is -0.303 e. The van der Waals surface area contributed by atoms with Gasteiger partial charge in [-0.3, -0.25) is 0 Å². The van der Waals surface area contributed by atoms with Crippen molar-refractivity contribution in [3.63, 3.8) is 0 Å². The summed E-state index contributed by atoms with van der Waals surface area (Å²) < 4.78 is 37.0. The maximum Gasteiger partial charge on any atom is 0.466 e. The molecule has 0 aliphatic carbocycles. The molecule has 0 aliphatic heterocycles. The van der Waals surface area contributed by atoms with Gasteiger partial charge >= 0.3 is 15.6 Å². The maximum absolute atomic E-state index is 9.62. The van der Waals surface area contributed by atoms with Crippen LogP contribution in [0, 0.1) is 0 Å². The fourth-order valence-corrected chi connectivity index (χ4v) is 0. The van der Waals surface area contributed by atoms with Crippen LogP contribution in [-0.4, -0.2) is 36.3 Å². The van der Waals surface area contributed by atoms with Crippen molar-refractivity contribution in [3.05, 3.63) is 0 Å². The molecular weight excluding hydrogens is 384 g/mol. The number of hydrogen-bond donors (Lipinski definition) is 6. The van der Waals surface area contributed by atoms with Gasteiger partial charge in [0.25, 0.3) is 0 Å². The average Bonchev–Trinajstić information content (AvgIpc) is 2.28. The number of phosphoric acid groups is 2. The molecule has 0 bridgehead atoms. The van der Waals surface area contributed by atoms with Crippen LogP contribution in [-0.2, 0) is 9.13 Å². The highest BCUT2D eigenvalue weighted by Gasteiger charge is 2.00. The molecule has 0 unspecified atom stereocenters. The Morgan fingerprint density at radius 1 is 0.520 bits per heavy atom. The Labute approximate surface area is 151 Å². The van der Waals surface area contributed by atoms with Crippen LogP contribution in [0.15, 0.2) is 0 Å². The van der Waals surface area contributed by atoms with E-state index in [0.29, 0.717) is 0 Å². The van der Waals surface area contributed by atoms with Crippen molar-refractivity contribution in [2.45, 2.75) is 81.1 Å². The Morgan fingerprint density at radius 3 is 0.520 bits per heavy atom. The fraction of sp³-hybridized carbons (Fsp3) is 1.00. The number of halogens is 2. The lowest BCUT2D eigenvalue weighted by Gasteiger charge is -1.82. The topological polar surface area (TPSA) is 156 Å². The second kappa shape index (κ2) is 44.0. The lowest BCUT2D eigenvalue weighted by molar-refractivity contribution is 0.272. The Balaban J connectivity index is -0.0000000308. The summed E-state index contributed by atoms with van der Waals surface area (Å²) in [5.41, 5.74) is 0. The maximum atomic E-state index is 9.62. The van der Waals surface area contributed by atoms with E-state index >= 15 is 0 Å². The van der Waals surface area contributed by atoms with E-state index in [4.69, 9.17) is 38.5 Å². The zero-order valence-corrected chi connectivity index (χ0v) is 18.5. The first kappa shape index (κ1) is 44.5. The van der Waals surface area contributed by atoms with E-state index in [1.54, 1.807) is 0 Å². The standard InChI is InChI=1S/4C3H8.CH2F2.2H3O4P/c4*1-3-2;2-1-3;2*1-5(2,3)4/h4*3H2,1-2H3;1H2;2*(H3,1,2,3,4). The molecule has 0 spiro atoms. The predicted molar refractivity (Wildman–Crippen MR) is 99.5 cm³/mol. The fourth-order valence-electron chi connectivity index (χ4n) is 0. The van der Waals surface area contributed by atoms with E-state index < -0.39 is 22.6 Å². The molecule has 0 fully saturated rings. The van der Waals surface area contributed by atoms with E-state index in [9.17, 15) is 8.78 Å². The highest BCUT2D eigenvalue weighted by Crippen LogP contribution is 2.26. The van der Waals surface area contributed by atoms with Gasteiger partial charge in [0.2, 0.25) is 6.93 Å². The van der Waals surface area contributed by atoms with Gasteiger partial charge < -0.3 is 29.4 Å². The molecule has 8 nitrogen and oxygen atoms in total. The first-order valence-corrected chi connectivity index (χ1v) is 10.9. The normalized spacial score (nSPS) is 8.32. The van der Waals surface area contributed by atoms with Gasteiger partial charge in [-0.1, -0.05) is 81.1 Å². The lowest BCUT2D eigenvalue weighted by atomic mass is 10.6. The average molecular weight is 424 g/mol. The number of alkyl halides is 2. The predicted octanol–water partition coefficient (Wildman–Crippen LogP) is 4.69. The monoisotopic (exact) mass is 424 g/mol. The van der Waals surface area contributed by atoms with Crippen LogP contribution in [0.1, 0.15) is 81.1 Å². The van der Waals surface area contributed by atoms with Crippen LogP contribution in [0.25, 0.3) is 0 Å². The highest BCUT2D eigenvalue weighted by molar-refractivity contribution is 7.45. The smallest absolute Gasteiger partial charge is 0.303 e. The molecule has 25 heavy (non-hydrogen) atoms. The first-order valence-electron chi connectivity index (χ1n) is 7.76. The molecule has 0 saturated heterocycles. The SMILES string of the molecule is CCC.CCC.CCC.CCC.FCF.O=P(O)(O)O.O=P(O)(O)O. The van der Waals surface area contributed by atoms with Crippen molar-refractivity contribution in [1.29, 1.82) is 0 Å². The third kappa shape index (κ3) is 1830000. The van der Waals surface area contributed by atoms with Crippen LogP contribution >= 0.6 is 15.6 Å². The van der Waals surface area contributed by atoms with Crippen molar-refractivity contribution < 1.29 is 47.3 Å². The molecule has 0 aliphatic rings. The third-order valence-corrected chi connectivity index (χ3v) is 0. The zero-order valence-electron chi connectivity index (χ0n) is 16.7. The van der Waals surface area contributed by atoms with Gasteiger partial charge in [-0.2, -0.15) is 0 Å². The van der Waals surface area contributed by atoms with E-state index in [2.05, 4.69) is 55.4 Å². The summed E-state index contributed by atoms with van der Waals surface area (Å²) in [5.74, 6) is 0. The van der Waals surface area contributed by atoms with Crippen LogP contribution in [0.4, 0.5) is 8.78 Å². The minimum absolute atomic E-state index is 1.25. The molecule has 0 aromatic carbocycles. The summed E-state index contributed by atoms with van der Waals surface area (Å²) in [5, 5.41) is 0. The van der Waals surface area contributed by atoms with E-state index in [1.165, 1.54) is 25.7 Å². The second-order valence-electron chi connectivity index (χ2n) is 3.96. The molecule has 0 aromatic heterocycles. The highest BCUT2D eigenvalue weighted by atomic mass is 31.2. The van der Waals surface area contributed by atoms with Gasteiger partial charge in [0.05, 0.1) is 0 Å². The van der Waals surface area contributed by atoms with E-state index in [-0.39, 0.29) is 0 Å². The van der Waals surface area contributed by atoms with Gasteiger partial charge in [-0.15, -0.1) is 0 Å². The van der Waals surface area contributed by atoms with Crippen LogP contribution in [0.3, 0.4) is 0 Å². The van der Waals surface area contributed by atoms with Gasteiger partial charge in [-0.05, 0) is 0 Å². The summed E-state index contributed by atoms with van der Waals surface area (Å²) in [4.78, 5) is 43.1. The summed E-state index contributed by atoms with van der Waals surface area (Å²) >= 11 is 0. The van der Waals surface area contributed by atoms with Crippen LogP contribution < -0.4 is 0 Å². The molecule has 0 saturated carbocycles. The molecular formula is C13H40F2O8P2. The number of hydrogen-bond acceptors (Lipinski definition) is 2. The molecule has 0 aromatic rings. The Bertz CT molecular complexity index is 200. The quantitative estimate of drug-likeness (QED) is 0.306. The van der Waals surface area contributed by atoms with Crippen molar-refractivity contribution in [2.75, 3.05) is 6.93 Å². The Kier molecular flexibility index (Phi) is 78.2. The molecule has 0 radical (unpaired) electrons. The van der Waals surface area contributed by atoms with Crippen molar-refractivity contribution >= 4 is 15.6 Å². The lowest BCUT2D eigenvalue weighted by Crippen LogP contribution is -1.66. The molecule has 0 rings (SSSR count). The molecule has 0 amide bonds. The van der Waals surface area contributed by atoms with Crippen LogP contribution in [0.5, 0.6) is 0 Å². The molecule has 0 heterocycles. The third-order valence-electron chi connectivity index (χ3n) is 0. The summed E-state index contributed by atoms with van der Waals surface area (Å²) in [6.07, 6.45) is 5.00. The second-order valence-corrected chi connectivity index (χ2v) is 6.01. The van der Waals surface area contributed by atoms with Crippen molar-refractivity contribution in [1.82, 2.24) is 0 Å². The Hall–Kier alpha value is 0.0800. The molecule has 164 valence electrons. The van der Waals surface area contributed by atoms with Crippen molar-refractivity contribution in [2.24, 2.45) is 0 Å². The van der Waals surface area contributed by atoms with Crippen molar-refractivity contribution in [3.8, 4) is 0 Å². The molecule has 12 heteroatoms. The first-order chi connectivity index (χ1) is 11.1. The number of rotatable bonds is 0. The van der Waals surface area contributed by atoms with Gasteiger partial charge in [0.1, 0.15) is 0 Å². The largest absolute Gasteiger partial charge is 0.466 e. The summed E-state index contributed by atoms with van der Waals surface area (Å²) in [6.45, 7) is 15.2. The molecule has 6 N–H and O–H groups in total. The Morgan fingerprint density at radius 2 is 0.520 bits per heavy atom. The minimum atomic E-state index is -4.64. The van der Waals surface area contributed by atoms with E-state index in [1.807, 2.05) is 0 Å². The zero-order chi connectivity index (χ0) is 22.5. The van der Waals surface area contributed by atoms with Gasteiger partial charge in [-0.25, -0.2) is 17.9 Å². The summed E-state index contributed by atoms with van der Waals surface area (Å²) in [7, 11) is -9.28. The van der Waals surface area contributed by atoms with Gasteiger partial charge in [0.15, 0.2) is 0 Å². The molecule has 0 atom stereocenters. The van der Waals surface area contributed by atoms with Gasteiger partial charge in [0, 0.05) is 0 Å². The van der Waals surface area contributed by atoms with Crippen LogP contribution in [0.2, 0.25) is 0 Å². The van der Waals surface area contributed by atoms with E-state index in [0.717, 1.165) is 0 Å².